The maximum Gasteiger partial charge on any atom is 0.193 e. The Balaban J connectivity index is 0.00000264. The summed E-state index contributed by atoms with van der Waals surface area (Å²) in [6.07, 6.45) is 0. The Labute approximate surface area is 157 Å². The molecule has 1 heterocycles. The van der Waals surface area contributed by atoms with Gasteiger partial charge in [-0.1, -0.05) is 0 Å². The Morgan fingerprint density at radius 1 is 1.26 bits per heavy atom. The highest BCUT2D eigenvalue weighted by Gasteiger charge is 2.06. The standard InChI is InChI=1S/C15H20N4O2S.HI/c1-9-14(22-10(2)18-9)8-17-15(16)19-11-5-6-12(20-3)13(7-11)21-4;/h5-7H,8H2,1-4H3,(H3,16,17,19);1H. The van der Waals surface area contributed by atoms with E-state index in [0.29, 0.717) is 24.0 Å². The second-order valence-electron chi connectivity index (χ2n) is 4.64. The van der Waals surface area contributed by atoms with Crippen LogP contribution in [0.1, 0.15) is 15.6 Å². The number of aliphatic imine (C=N–C) groups is 1. The predicted octanol–water partition coefficient (Wildman–Crippen LogP) is 3.32. The van der Waals surface area contributed by atoms with E-state index < -0.39 is 0 Å². The first kappa shape index (κ1) is 19.5. The molecule has 0 amide bonds. The molecule has 0 atom stereocenters. The van der Waals surface area contributed by atoms with E-state index in [9.17, 15) is 0 Å². The molecule has 0 saturated heterocycles. The van der Waals surface area contributed by atoms with E-state index in [-0.39, 0.29) is 24.0 Å². The summed E-state index contributed by atoms with van der Waals surface area (Å²) in [5.41, 5.74) is 7.72. The number of rotatable bonds is 5. The first-order chi connectivity index (χ1) is 10.5. The molecule has 0 aliphatic heterocycles. The highest BCUT2D eigenvalue weighted by atomic mass is 127. The molecule has 2 rings (SSSR count). The molecule has 0 aliphatic rings. The topological polar surface area (TPSA) is 81.8 Å². The fourth-order valence-corrected chi connectivity index (χ4v) is 2.84. The second kappa shape index (κ2) is 8.92. The van der Waals surface area contributed by atoms with Crippen LogP contribution in [0.5, 0.6) is 11.5 Å². The highest BCUT2D eigenvalue weighted by Crippen LogP contribution is 2.29. The normalized spacial score (nSPS) is 10.9. The summed E-state index contributed by atoms with van der Waals surface area (Å²) in [7, 11) is 3.19. The molecular formula is C15H21IN4O2S. The molecule has 3 N–H and O–H groups in total. The minimum Gasteiger partial charge on any atom is -0.493 e. The van der Waals surface area contributed by atoms with Crippen molar-refractivity contribution in [3.8, 4) is 11.5 Å². The third-order valence-corrected chi connectivity index (χ3v) is 4.11. The Bertz CT molecular complexity index is 688. The van der Waals surface area contributed by atoms with E-state index in [2.05, 4.69) is 15.3 Å². The first-order valence-corrected chi connectivity index (χ1v) is 7.57. The highest BCUT2D eigenvalue weighted by molar-refractivity contribution is 14.0. The van der Waals surface area contributed by atoms with Gasteiger partial charge in [0.15, 0.2) is 17.5 Å². The van der Waals surface area contributed by atoms with Crippen molar-refractivity contribution >= 4 is 47.0 Å². The number of nitrogens with one attached hydrogen (secondary N) is 1. The molecule has 0 bridgehead atoms. The monoisotopic (exact) mass is 448 g/mol. The fourth-order valence-electron chi connectivity index (χ4n) is 1.98. The van der Waals surface area contributed by atoms with Gasteiger partial charge in [0, 0.05) is 16.6 Å². The lowest BCUT2D eigenvalue weighted by Gasteiger charge is -2.10. The first-order valence-electron chi connectivity index (χ1n) is 6.75. The zero-order valence-electron chi connectivity index (χ0n) is 13.5. The average Bonchev–Trinajstić information content (AvgIpc) is 2.82. The second-order valence-corrected chi connectivity index (χ2v) is 5.93. The zero-order chi connectivity index (χ0) is 16.1. The quantitative estimate of drug-likeness (QED) is 0.417. The van der Waals surface area contributed by atoms with Gasteiger partial charge < -0.3 is 20.5 Å². The van der Waals surface area contributed by atoms with E-state index in [0.717, 1.165) is 21.3 Å². The number of ether oxygens (including phenoxy) is 2. The largest absolute Gasteiger partial charge is 0.493 e. The Kier molecular flexibility index (Phi) is 7.56. The van der Waals surface area contributed by atoms with Crippen molar-refractivity contribution in [2.45, 2.75) is 20.4 Å². The summed E-state index contributed by atoms with van der Waals surface area (Å²) >= 11 is 1.64. The number of halogens is 1. The van der Waals surface area contributed by atoms with Crippen LogP contribution in [0, 0.1) is 13.8 Å². The Morgan fingerprint density at radius 3 is 2.52 bits per heavy atom. The van der Waals surface area contributed by atoms with Gasteiger partial charge in [-0.15, -0.1) is 35.3 Å². The van der Waals surface area contributed by atoms with Crippen molar-refractivity contribution in [3.05, 3.63) is 33.8 Å². The van der Waals surface area contributed by atoms with Crippen LogP contribution in [0.15, 0.2) is 23.2 Å². The summed E-state index contributed by atoms with van der Waals surface area (Å²) < 4.78 is 10.5. The van der Waals surface area contributed by atoms with Crippen LogP contribution >= 0.6 is 35.3 Å². The van der Waals surface area contributed by atoms with Crippen LogP contribution in [0.2, 0.25) is 0 Å². The molecule has 0 radical (unpaired) electrons. The summed E-state index contributed by atoms with van der Waals surface area (Å²) in [6.45, 7) is 4.48. The van der Waals surface area contributed by atoms with E-state index in [4.69, 9.17) is 15.2 Å². The van der Waals surface area contributed by atoms with Crippen molar-refractivity contribution in [3.63, 3.8) is 0 Å². The van der Waals surface area contributed by atoms with Crippen LogP contribution in [0.3, 0.4) is 0 Å². The molecule has 2 aromatic rings. The number of nitrogens with zero attached hydrogens (tertiary/aromatic N) is 2. The van der Waals surface area contributed by atoms with E-state index in [1.54, 1.807) is 25.6 Å². The lowest BCUT2D eigenvalue weighted by atomic mass is 10.3. The molecule has 23 heavy (non-hydrogen) atoms. The number of hydrogen-bond acceptors (Lipinski definition) is 5. The number of hydrogen-bond donors (Lipinski definition) is 2. The number of benzene rings is 1. The van der Waals surface area contributed by atoms with Crippen LogP contribution in [0.25, 0.3) is 0 Å². The van der Waals surface area contributed by atoms with Crippen LogP contribution in [-0.4, -0.2) is 25.2 Å². The van der Waals surface area contributed by atoms with Crippen molar-refractivity contribution in [2.24, 2.45) is 10.7 Å². The molecule has 126 valence electrons. The molecule has 0 spiro atoms. The van der Waals surface area contributed by atoms with Gasteiger partial charge in [-0.2, -0.15) is 0 Å². The van der Waals surface area contributed by atoms with Gasteiger partial charge >= 0.3 is 0 Å². The number of methoxy groups -OCH3 is 2. The minimum atomic E-state index is 0. The molecule has 8 heteroatoms. The van der Waals surface area contributed by atoms with E-state index in [1.807, 2.05) is 32.0 Å². The van der Waals surface area contributed by atoms with Crippen molar-refractivity contribution in [1.82, 2.24) is 4.98 Å². The van der Waals surface area contributed by atoms with E-state index >= 15 is 0 Å². The Hall–Kier alpha value is -1.55. The summed E-state index contributed by atoms with van der Waals surface area (Å²) in [4.78, 5) is 9.84. The summed E-state index contributed by atoms with van der Waals surface area (Å²) in [5, 5.41) is 4.08. The number of nitrogens with two attached hydrogens (primary N) is 1. The molecule has 0 saturated carbocycles. The van der Waals surface area contributed by atoms with Crippen molar-refractivity contribution < 1.29 is 9.47 Å². The molecule has 6 nitrogen and oxygen atoms in total. The molecule has 0 fully saturated rings. The smallest absolute Gasteiger partial charge is 0.193 e. The third-order valence-electron chi connectivity index (χ3n) is 3.05. The van der Waals surface area contributed by atoms with Gasteiger partial charge in [0.2, 0.25) is 0 Å². The molecule has 0 aliphatic carbocycles. The maximum atomic E-state index is 5.92. The third kappa shape index (κ3) is 5.24. The van der Waals surface area contributed by atoms with Crippen LogP contribution < -0.4 is 20.5 Å². The van der Waals surface area contributed by atoms with Crippen LogP contribution in [0.4, 0.5) is 5.69 Å². The number of aromatic nitrogens is 1. The fraction of sp³-hybridized carbons (Fsp3) is 0.333. The van der Waals surface area contributed by atoms with E-state index in [1.165, 1.54) is 0 Å². The van der Waals surface area contributed by atoms with Gasteiger partial charge in [-0.25, -0.2) is 9.98 Å². The van der Waals surface area contributed by atoms with Gasteiger partial charge in [-0.3, -0.25) is 0 Å². The summed E-state index contributed by atoms with van der Waals surface area (Å²) in [6, 6.07) is 5.47. The Morgan fingerprint density at radius 2 is 1.96 bits per heavy atom. The number of thiazole rings is 1. The zero-order valence-corrected chi connectivity index (χ0v) is 16.7. The number of guanidine groups is 1. The molecule has 1 aromatic carbocycles. The molecule has 1 aromatic heterocycles. The summed E-state index contributed by atoms with van der Waals surface area (Å²) in [5.74, 6) is 1.64. The van der Waals surface area contributed by atoms with Gasteiger partial charge in [-0.05, 0) is 26.0 Å². The van der Waals surface area contributed by atoms with Crippen molar-refractivity contribution in [1.29, 1.82) is 0 Å². The maximum absolute atomic E-state index is 5.92. The van der Waals surface area contributed by atoms with Gasteiger partial charge in [0.05, 0.1) is 31.5 Å². The molecular weight excluding hydrogens is 427 g/mol. The number of aryl methyl sites for hydroxylation is 2. The van der Waals surface area contributed by atoms with Gasteiger partial charge in [0.1, 0.15) is 0 Å². The van der Waals surface area contributed by atoms with Crippen LogP contribution in [-0.2, 0) is 6.54 Å². The van der Waals surface area contributed by atoms with Gasteiger partial charge in [0.25, 0.3) is 0 Å². The average molecular weight is 448 g/mol. The molecule has 0 unspecified atom stereocenters. The lowest BCUT2D eigenvalue weighted by Crippen LogP contribution is -2.22. The SMILES string of the molecule is COc1ccc(NC(N)=NCc2sc(C)nc2C)cc1OC.I. The predicted molar refractivity (Wildman–Crippen MR) is 105 cm³/mol. The lowest BCUT2D eigenvalue weighted by molar-refractivity contribution is 0.355. The van der Waals surface area contributed by atoms with Crippen molar-refractivity contribution in [2.75, 3.05) is 19.5 Å². The number of anilines is 1. The minimum absolute atomic E-state index is 0.